The van der Waals surface area contributed by atoms with Gasteiger partial charge < -0.3 is 5.32 Å². The van der Waals surface area contributed by atoms with Crippen LogP contribution in [0.15, 0.2) is 0 Å². The Morgan fingerprint density at radius 2 is 1.22 bits per heavy atom. The predicted molar refractivity (Wildman–Crippen MR) is 48.1 cm³/mol. The van der Waals surface area contributed by atoms with Gasteiger partial charge in [-0.25, -0.2) is 0 Å². The quantitative estimate of drug-likeness (QED) is 0.679. The van der Waals surface area contributed by atoms with Crippen molar-refractivity contribution in [2.45, 2.75) is 39.8 Å². The van der Waals surface area contributed by atoms with Crippen molar-refractivity contribution in [1.29, 1.82) is 0 Å². The lowest BCUT2D eigenvalue weighted by Crippen LogP contribution is -2.29. The number of rotatable bonds is 2. The fourth-order valence-electron chi connectivity index (χ4n) is 0.667. The van der Waals surface area contributed by atoms with Crippen LogP contribution in [0.5, 0.6) is 0 Å². The van der Waals surface area contributed by atoms with Crippen molar-refractivity contribution in [2.75, 3.05) is 0 Å². The zero-order chi connectivity index (χ0) is 7.86. The lowest BCUT2D eigenvalue weighted by Gasteiger charge is -2.10. The molecule has 1 N–H and O–H groups in total. The molecule has 51 valence electrons. The first kappa shape index (κ1) is 12.8. The zero-order valence-electron chi connectivity index (χ0n) is 6.74. The van der Waals surface area contributed by atoms with E-state index in [2.05, 4.69) is 45.9 Å². The first-order valence-electron chi connectivity index (χ1n) is 3.15. The summed E-state index contributed by atoms with van der Waals surface area (Å²) in [7, 11) is 0. The maximum atomic E-state index is 3.31. The molecule has 0 aromatic rings. The molecular formula is C6H15BrMgN+2. The van der Waals surface area contributed by atoms with Crippen LogP contribution in [0, 0.1) is 0 Å². The maximum Gasteiger partial charge on any atom is 1.52 e. The van der Waals surface area contributed by atoms with E-state index in [1.165, 1.54) is 0 Å². The summed E-state index contributed by atoms with van der Waals surface area (Å²) >= 11 is 4.64. The second-order valence-corrected chi connectivity index (χ2v) is 2.48. The molecule has 3 heteroatoms. The minimum absolute atomic E-state index is 0.625. The number of halogens is 1. The summed E-state index contributed by atoms with van der Waals surface area (Å²) in [5.74, 6) is 0. The largest absolute Gasteiger partial charge is 1.52 e. The molecule has 0 saturated carbocycles. The Balaban J connectivity index is 0. The molecule has 0 aliphatic carbocycles. The smallest absolute Gasteiger partial charge is 0.312 e. The summed E-state index contributed by atoms with van der Waals surface area (Å²) in [6, 6.07) is 1.25. The Bertz CT molecular complexity index is 42.3. The molecule has 0 fully saturated rings. The van der Waals surface area contributed by atoms with Gasteiger partial charge >= 0.3 is 32.4 Å². The molecule has 0 saturated heterocycles. The molecule has 9 heavy (non-hydrogen) atoms. The van der Waals surface area contributed by atoms with Crippen LogP contribution < -0.4 is 5.32 Å². The average molecular weight is 205 g/mol. The maximum absolute atomic E-state index is 3.31. The minimum Gasteiger partial charge on any atom is -0.312 e. The fraction of sp³-hybridized carbons (Fsp3) is 1.00. The van der Waals surface area contributed by atoms with Crippen LogP contribution in [-0.2, 0) is 0 Å². The van der Waals surface area contributed by atoms with Gasteiger partial charge in [-0.05, 0) is 0 Å². The van der Waals surface area contributed by atoms with Crippen LogP contribution in [0.3, 0.4) is 0 Å². The van der Waals surface area contributed by atoms with E-state index in [-0.39, 0.29) is 0 Å². The van der Waals surface area contributed by atoms with Gasteiger partial charge in [0.05, 0.1) is 0 Å². The van der Waals surface area contributed by atoms with Crippen molar-refractivity contribution >= 4 is 32.4 Å². The molecule has 0 spiro atoms. The third-order valence-corrected chi connectivity index (χ3v) is 0.667. The first-order valence-corrected chi connectivity index (χ1v) is 7.05. The summed E-state index contributed by atoms with van der Waals surface area (Å²) < 4.78 is 0. The van der Waals surface area contributed by atoms with Gasteiger partial charge in [0.15, 0.2) is 0 Å². The van der Waals surface area contributed by atoms with Crippen molar-refractivity contribution in [3.05, 3.63) is 0 Å². The highest BCUT2D eigenvalue weighted by Gasteiger charge is 2.13. The van der Waals surface area contributed by atoms with Crippen LogP contribution in [0.4, 0.5) is 0 Å². The van der Waals surface area contributed by atoms with Gasteiger partial charge in [-0.3, -0.25) is 0 Å². The van der Waals surface area contributed by atoms with Gasteiger partial charge in [-0.2, -0.15) is 0 Å². The van der Waals surface area contributed by atoms with E-state index < -0.39 is 0 Å². The number of nitrogens with one attached hydrogen (secondary N) is 1. The first-order chi connectivity index (χ1) is 4.13. The number of hydrogen-bond acceptors (Lipinski definition) is 1. The molecule has 0 bridgehead atoms. The van der Waals surface area contributed by atoms with Crippen molar-refractivity contribution in [2.24, 2.45) is 0 Å². The number of hydrogen-bond donors (Lipinski definition) is 1. The summed E-state index contributed by atoms with van der Waals surface area (Å²) in [4.78, 5) is 0. The predicted octanol–water partition coefficient (Wildman–Crippen LogP) is 1.86. The Morgan fingerprint density at radius 1 is 1.00 bits per heavy atom. The molecule has 0 aliphatic rings. The van der Waals surface area contributed by atoms with Crippen molar-refractivity contribution in [3.8, 4) is 0 Å². The van der Waals surface area contributed by atoms with Crippen molar-refractivity contribution < 1.29 is 0 Å². The van der Waals surface area contributed by atoms with Gasteiger partial charge in [0.25, 0.3) is 0 Å². The van der Waals surface area contributed by atoms with E-state index in [0.29, 0.717) is 12.1 Å². The highest BCUT2D eigenvalue weighted by molar-refractivity contribution is 9.22. The van der Waals surface area contributed by atoms with Crippen molar-refractivity contribution in [3.63, 3.8) is 0 Å². The van der Waals surface area contributed by atoms with Crippen LogP contribution in [-0.4, -0.2) is 31.6 Å². The lowest BCUT2D eigenvalue weighted by atomic mass is 10.3. The summed E-state index contributed by atoms with van der Waals surface area (Å²) in [6.07, 6.45) is 0. The molecular weight excluding hydrogens is 190 g/mol. The van der Waals surface area contributed by atoms with Crippen LogP contribution >= 0.6 is 12.9 Å². The molecule has 0 unspecified atom stereocenters. The van der Waals surface area contributed by atoms with Gasteiger partial charge in [0, 0.05) is 12.1 Å². The second-order valence-electron chi connectivity index (χ2n) is 2.48. The minimum atomic E-state index is 0.625. The average Bonchev–Trinajstić information content (AvgIpc) is 1.68. The Morgan fingerprint density at radius 3 is 1.22 bits per heavy atom. The standard InChI is InChI=1S/C6H15N.BrH.Mg/c1-5(2)7-6(3)4;;/h5-7H,1-4H3;1H;/q;;+3/p-1. The molecule has 0 aromatic heterocycles. The molecule has 0 amide bonds. The monoisotopic (exact) mass is 204 g/mol. The zero-order valence-corrected chi connectivity index (χ0v) is 9.74. The topological polar surface area (TPSA) is 12.0 Å². The fourth-order valence-corrected chi connectivity index (χ4v) is 0.667. The third-order valence-electron chi connectivity index (χ3n) is 0.667. The molecule has 1 nitrogen and oxygen atoms in total. The molecule has 0 aliphatic heterocycles. The summed E-state index contributed by atoms with van der Waals surface area (Å²) in [5.41, 5.74) is 0. The lowest BCUT2D eigenvalue weighted by molar-refractivity contribution is 0.518. The van der Waals surface area contributed by atoms with Crippen LogP contribution in [0.1, 0.15) is 27.7 Å². The Hall–Kier alpha value is 1.21. The van der Waals surface area contributed by atoms with Gasteiger partial charge in [0.2, 0.25) is 0 Å². The van der Waals surface area contributed by atoms with E-state index in [1.54, 1.807) is 19.5 Å². The van der Waals surface area contributed by atoms with Gasteiger partial charge in [0.1, 0.15) is 0 Å². The van der Waals surface area contributed by atoms with Gasteiger partial charge in [-0.1, -0.05) is 27.7 Å². The highest BCUT2D eigenvalue weighted by atomic mass is 79.9. The van der Waals surface area contributed by atoms with E-state index in [9.17, 15) is 0 Å². The molecule has 0 rings (SSSR count). The van der Waals surface area contributed by atoms with Crippen LogP contribution in [0.2, 0.25) is 0 Å². The molecule has 0 heterocycles. The highest BCUT2D eigenvalue weighted by Crippen LogP contribution is 1.80. The van der Waals surface area contributed by atoms with E-state index in [0.717, 1.165) is 0 Å². The van der Waals surface area contributed by atoms with Crippen molar-refractivity contribution in [1.82, 2.24) is 5.32 Å². The second kappa shape index (κ2) is 9.21. The third kappa shape index (κ3) is 17.6. The SMILES string of the molecule is CC(C)NC(C)C.[Mg+2][Br]. The molecule has 7 radical (unpaired) electrons. The normalized spacial score (nSPS) is 9.33. The van der Waals surface area contributed by atoms with E-state index in [4.69, 9.17) is 0 Å². The summed E-state index contributed by atoms with van der Waals surface area (Å²) in [5, 5.41) is 3.31. The molecule has 0 aromatic carbocycles. The Kier molecular flexibility index (Phi) is 13.1. The van der Waals surface area contributed by atoms with Crippen LogP contribution in [0.25, 0.3) is 0 Å². The Labute approximate surface area is 77.3 Å². The molecule has 0 atom stereocenters. The van der Waals surface area contributed by atoms with Gasteiger partial charge in [-0.15, -0.1) is 0 Å². The summed E-state index contributed by atoms with van der Waals surface area (Å²) in [6.45, 7) is 8.61. The van der Waals surface area contributed by atoms with E-state index in [1.807, 2.05) is 0 Å². The van der Waals surface area contributed by atoms with E-state index >= 15 is 0 Å².